The zero-order chi connectivity index (χ0) is 14.1. The van der Waals surface area contributed by atoms with Gasteiger partial charge in [0, 0.05) is 12.1 Å². The van der Waals surface area contributed by atoms with Crippen molar-refractivity contribution in [3.63, 3.8) is 0 Å². The zero-order valence-electron chi connectivity index (χ0n) is 10.6. The van der Waals surface area contributed by atoms with Gasteiger partial charge in [0.1, 0.15) is 12.0 Å². The molecule has 0 bridgehead atoms. The summed E-state index contributed by atoms with van der Waals surface area (Å²) in [7, 11) is 0. The van der Waals surface area contributed by atoms with Crippen molar-refractivity contribution < 1.29 is 19.1 Å². The molecule has 2 N–H and O–H groups in total. The average molecular weight is 264 g/mol. The van der Waals surface area contributed by atoms with Gasteiger partial charge in [0.2, 0.25) is 0 Å². The van der Waals surface area contributed by atoms with Crippen LogP contribution in [0.15, 0.2) is 24.3 Å². The van der Waals surface area contributed by atoms with Gasteiger partial charge in [-0.05, 0) is 30.7 Å². The minimum absolute atomic E-state index is 0.264. The largest absolute Gasteiger partial charge is 0.484 e. The van der Waals surface area contributed by atoms with E-state index in [1.807, 2.05) is 6.92 Å². The first-order chi connectivity index (χ1) is 9.15. The molecule has 102 valence electrons. The van der Waals surface area contributed by atoms with Crippen molar-refractivity contribution in [1.29, 1.82) is 0 Å². The van der Waals surface area contributed by atoms with Crippen LogP contribution in [0.2, 0.25) is 0 Å². The molecule has 3 amide bonds. The van der Waals surface area contributed by atoms with E-state index in [1.165, 1.54) is 0 Å². The number of carbonyl (C=O) groups excluding carboxylic acids is 3. The first kappa shape index (κ1) is 14.7. The zero-order valence-corrected chi connectivity index (χ0v) is 10.6. The molecule has 0 saturated carbocycles. The summed E-state index contributed by atoms with van der Waals surface area (Å²) in [5.41, 5.74) is 0.524. The first-order valence-corrected chi connectivity index (χ1v) is 5.91. The number of nitrogens with one attached hydrogen (secondary N) is 2. The highest BCUT2D eigenvalue weighted by Crippen LogP contribution is 2.10. The normalized spacial score (nSPS) is 9.53. The van der Waals surface area contributed by atoms with E-state index < -0.39 is 11.9 Å². The minimum Gasteiger partial charge on any atom is -0.484 e. The van der Waals surface area contributed by atoms with Gasteiger partial charge >= 0.3 is 6.03 Å². The van der Waals surface area contributed by atoms with Crippen LogP contribution >= 0.6 is 0 Å². The summed E-state index contributed by atoms with van der Waals surface area (Å²) < 4.78 is 5.16. The fourth-order valence-corrected chi connectivity index (χ4v) is 1.24. The van der Waals surface area contributed by atoms with Crippen LogP contribution in [0.1, 0.15) is 23.7 Å². The maximum atomic E-state index is 11.4. The van der Waals surface area contributed by atoms with Gasteiger partial charge < -0.3 is 10.1 Å². The van der Waals surface area contributed by atoms with Gasteiger partial charge in [-0.1, -0.05) is 6.92 Å². The van der Waals surface area contributed by atoms with Crippen molar-refractivity contribution in [3.8, 4) is 5.75 Å². The number of rotatable bonds is 6. The molecule has 0 radical (unpaired) electrons. The minimum atomic E-state index is -0.535. The van der Waals surface area contributed by atoms with Crippen LogP contribution in [-0.4, -0.2) is 31.4 Å². The molecule has 0 aliphatic heterocycles. The molecular weight excluding hydrogens is 248 g/mol. The van der Waals surface area contributed by atoms with E-state index in [4.69, 9.17) is 4.74 Å². The Balaban J connectivity index is 2.32. The lowest BCUT2D eigenvalue weighted by Crippen LogP contribution is -2.41. The Morgan fingerprint density at radius 2 is 1.95 bits per heavy atom. The smallest absolute Gasteiger partial charge is 0.321 e. The van der Waals surface area contributed by atoms with E-state index in [0.717, 1.165) is 6.42 Å². The summed E-state index contributed by atoms with van der Waals surface area (Å²) in [6, 6.07) is 5.77. The molecule has 0 aliphatic carbocycles. The molecule has 1 aromatic rings. The molecular formula is C13H16N2O4. The molecule has 0 atom stereocenters. The number of benzene rings is 1. The molecule has 0 unspecified atom stereocenters. The van der Waals surface area contributed by atoms with Crippen molar-refractivity contribution in [2.45, 2.75) is 13.3 Å². The third-order valence-electron chi connectivity index (χ3n) is 2.17. The van der Waals surface area contributed by atoms with Gasteiger partial charge in [-0.25, -0.2) is 4.79 Å². The second kappa shape index (κ2) is 7.86. The van der Waals surface area contributed by atoms with Crippen LogP contribution in [0.5, 0.6) is 5.75 Å². The summed E-state index contributed by atoms with van der Waals surface area (Å²) in [4.78, 5) is 33.0. The summed E-state index contributed by atoms with van der Waals surface area (Å²) >= 11 is 0. The molecule has 19 heavy (non-hydrogen) atoms. The highest BCUT2D eigenvalue weighted by atomic mass is 16.5. The molecule has 0 heterocycles. The fourth-order valence-electron chi connectivity index (χ4n) is 1.24. The van der Waals surface area contributed by atoms with E-state index in [0.29, 0.717) is 24.1 Å². The lowest BCUT2D eigenvalue weighted by Gasteiger charge is -2.07. The molecule has 6 heteroatoms. The van der Waals surface area contributed by atoms with Gasteiger partial charge in [-0.2, -0.15) is 0 Å². The Labute approximate surface area is 111 Å². The van der Waals surface area contributed by atoms with E-state index in [-0.39, 0.29) is 6.61 Å². The lowest BCUT2D eigenvalue weighted by molar-refractivity contribution is -0.122. The predicted octanol–water partition coefficient (Wildman–Crippen LogP) is 1.11. The highest BCUT2D eigenvalue weighted by molar-refractivity contribution is 5.94. The van der Waals surface area contributed by atoms with Crippen molar-refractivity contribution >= 4 is 18.2 Å². The van der Waals surface area contributed by atoms with Crippen LogP contribution in [0.3, 0.4) is 0 Å². The van der Waals surface area contributed by atoms with Crippen molar-refractivity contribution in [2.75, 3.05) is 13.2 Å². The van der Waals surface area contributed by atoms with Crippen molar-refractivity contribution in [3.05, 3.63) is 29.8 Å². The maximum absolute atomic E-state index is 11.4. The van der Waals surface area contributed by atoms with Gasteiger partial charge in [-0.15, -0.1) is 0 Å². The summed E-state index contributed by atoms with van der Waals surface area (Å²) in [5, 5.41) is 4.65. The Morgan fingerprint density at radius 1 is 1.26 bits per heavy atom. The second-order valence-corrected chi connectivity index (χ2v) is 3.78. The Kier molecular flexibility index (Phi) is 6.08. The standard InChI is InChI=1S/C13H16N2O4/c1-2-7-14-13(18)15-12(17)9-19-11-5-3-10(8-16)4-6-11/h3-6,8H,2,7,9H2,1H3,(H2,14,15,17,18). The van der Waals surface area contributed by atoms with Gasteiger partial charge in [0.25, 0.3) is 5.91 Å². The van der Waals surface area contributed by atoms with E-state index in [1.54, 1.807) is 24.3 Å². The third-order valence-corrected chi connectivity index (χ3v) is 2.17. The van der Waals surface area contributed by atoms with E-state index in [2.05, 4.69) is 10.6 Å². The number of amides is 3. The number of imide groups is 1. The van der Waals surface area contributed by atoms with Gasteiger partial charge in [0.05, 0.1) is 0 Å². The predicted molar refractivity (Wildman–Crippen MR) is 69.2 cm³/mol. The average Bonchev–Trinajstić information content (AvgIpc) is 2.43. The number of hydrogen-bond donors (Lipinski definition) is 2. The molecule has 0 fully saturated rings. The Bertz CT molecular complexity index is 442. The number of hydrogen-bond acceptors (Lipinski definition) is 4. The third kappa shape index (κ3) is 5.67. The number of aldehydes is 1. The van der Waals surface area contributed by atoms with Gasteiger partial charge in [0.15, 0.2) is 6.61 Å². The SMILES string of the molecule is CCCNC(=O)NC(=O)COc1ccc(C=O)cc1. The van der Waals surface area contributed by atoms with Crippen molar-refractivity contribution in [2.24, 2.45) is 0 Å². The van der Waals surface area contributed by atoms with E-state index >= 15 is 0 Å². The van der Waals surface area contributed by atoms with Crippen LogP contribution in [0, 0.1) is 0 Å². The molecule has 0 spiro atoms. The fraction of sp³-hybridized carbons (Fsp3) is 0.308. The van der Waals surface area contributed by atoms with Crippen LogP contribution < -0.4 is 15.4 Å². The topological polar surface area (TPSA) is 84.5 Å². The summed E-state index contributed by atoms with van der Waals surface area (Å²) in [5.74, 6) is -0.0808. The van der Waals surface area contributed by atoms with Gasteiger partial charge in [-0.3, -0.25) is 14.9 Å². The molecule has 1 aromatic carbocycles. The molecule has 0 saturated heterocycles. The van der Waals surface area contributed by atoms with Crippen LogP contribution in [-0.2, 0) is 4.79 Å². The summed E-state index contributed by atoms with van der Waals surface area (Å²) in [6.45, 7) is 2.15. The molecule has 1 rings (SSSR count). The maximum Gasteiger partial charge on any atom is 0.321 e. The van der Waals surface area contributed by atoms with E-state index in [9.17, 15) is 14.4 Å². The van der Waals surface area contributed by atoms with Crippen molar-refractivity contribution in [1.82, 2.24) is 10.6 Å². The first-order valence-electron chi connectivity index (χ1n) is 5.91. The summed E-state index contributed by atoms with van der Waals surface area (Å²) in [6.07, 6.45) is 1.51. The monoisotopic (exact) mass is 264 g/mol. The van der Waals surface area contributed by atoms with Crippen LogP contribution in [0.25, 0.3) is 0 Å². The quantitative estimate of drug-likeness (QED) is 0.754. The number of urea groups is 1. The lowest BCUT2D eigenvalue weighted by atomic mass is 10.2. The highest BCUT2D eigenvalue weighted by Gasteiger charge is 2.07. The number of carbonyl (C=O) groups is 3. The molecule has 6 nitrogen and oxygen atoms in total. The van der Waals surface area contributed by atoms with Crippen LogP contribution in [0.4, 0.5) is 4.79 Å². The second-order valence-electron chi connectivity index (χ2n) is 3.78. The Morgan fingerprint density at radius 3 is 2.53 bits per heavy atom. The Hall–Kier alpha value is -2.37. The number of ether oxygens (including phenoxy) is 1. The molecule has 0 aromatic heterocycles. The molecule has 0 aliphatic rings.